The zero-order valence-electron chi connectivity index (χ0n) is 9.07. The van der Waals surface area contributed by atoms with Crippen LogP contribution in [-0.4, -0.2) is 24.1 Å². The van der Waals surface area contributed by atoms with Gasteiger partial charge in [-0.3, -0.25) is 4.79 Å². The Morgan fingerprint density at radius 3 is 2.67 bits per heavy atom. The van der Waals surface area contributed by atoms with Crippen molar-refractivity contribution in [2.45, 2.75) is 25.4 Å². The first kappa shape index (κ1) is 10.2. The maximum Gasteiger partial charge on any atom is 0.192 e. The second-order valence-corrected chi connectivity index (χ2v) is 4.40. The highest BCUT2D eigenvalue weighted by molar-refractivity contribution is 6.05. The van der Waals surface area contributed by atoms with Gasteiger partial charge in [0.15, 0.2) is 5.78 Å². The first-order valence-electron chi connectivity index (χ1n) is 4.89. The monoisotopic (exact) mass is 206 g/mol. The molecular weight excluding hydrogens is 192 g/mol. The number of carbonyl (C=O) groups is 1. The standard InChI is InChI=1S/C12H14O3/c1-12(2)9-5-4-7(15-3)6-8(9)10(13)11(12)14/h4-6,11,14H,1-3H3. The minimum Gasteiger partial charge on any atom is -0.497 e. The molecule has 3 nitrogen and oxygen atoms in total. The molecule has 1 atom stereocenters. The van der Waals surface area contributed by atoms with Gasteiger partial charge in [0.2, 0.25) is 0 Å². The molecule has 2 rings (SSSR count). The molecule has 0 fully saturated rings. The van der Waals surface area contributed by atoms with Crippen molar-refractivity contribution in [2.24, 2.45) is 0 Å². The minimum atomic E-state index is -0.945. The van der Waals surface area contributed by atoms with E-state index in [9.17, 15) is 9.90 Å². The number of hydrogen-bond donors (Lipinski definition) is 1. The lowest BCUT2D eigenvalue weighted by atomic mass is 9.84. The average molecular weight is 206 g/mol. The molecule has 0 spiro atoms. The van der Waals surface area contributed by atoms with Crippen LogP contribution < -0.4 is 4.74 Å². The number of hydrogen-bond acceptors (Lipinski definition) is 3. The Morgan fingerprint density at radius 2 is 2.07 bits per heavy atom. The van der Waals surface area contributed by atoms with E-state index >= 15 is 0 Å². The molecule has 1 unspecified atom stereocenters. The smallest absolute Gasteiger partial charge is 0.192 e. The fraction of sp³-hybridized carbons (Fsp3) is 0.417. The number of ketones is 1. The van der Waals surface area contributed by atoms with Gasteiger partial charge in [-0.15, -0.1) is 0 Å². The van der Waals surface area contributed by atoms with E-state index < -0.39 is 11.5 Å². The summed E-state index contributed by atoms with van der Waals surface area (Å²) in [5.41, 5.74) is 0.964. The molecule has 80 valence electrons. The molecule has 15 heavy (non-hydrogen) atoms. The zero-order chi connectivity index (χ0) is 11.2. The second kappa shape index (κ2) is 3.07. The summed E-state index contributed by atoms with van der Waals surface area (Å²) >= 11 is 0. The van der Waals surface area contributed by atoms with Crippen LogP contribution in [0.2, 0.25) is 0 Å². The molecule has 0 saturated carbocycles. The lowest BCUT2D eigenvalue weighted by Gasteiger charge is -2.22. The zero-order valence-corrected chi connectivity index (χ0v) is 9.07. The van der Waals surface area contributed by atoms with Gasteiger partial charge in [0, 0.05) is 11.0 Å². The molecule has 0 aliphatic heterocycles. The average Bonchev–Trinajstić information content (AvgIpc) is 2.40. The van der Waals surface area contributed by atoms with Gasteiger partial charge in [-0.1, -0.05) is 19.9 Å². The number of aliphatic hydroxyl groups is 1. The molecule has 0 aromatic heterocycles. The Kier molecular flexibility index (Phi) is 2.08. The first-order valence-corrected chi connectivity index (χ1v) is 4.89. The van der Waals surface area contributed by atoms with Gasteiger partial charge >= 0.3 is 0 Å². The highest BCUT2D eigenvalue weighted by Gasteiger charge is 2.44. The van der Waals surface area contributed by atoms with E-state index in [1.807, 2.05) is 26.0 Å². The van der Waals surface area contributed by atoms with E-state index in [0.717, 1.165) is 5.56 Å². The largest absolute Gasteiger partial charge is 0.497 e. The highest BCUT2D eigenvalue weighted by Crippen LogP contribution is 2.39. The van der Waals surface area contributed by atoms with Crippen LogP contribution >= 0.6 is 0 Å². The van der Waals surface area contributed by atoms with E-state index in [0.29, 0.717) is 11.3 Å². The number of methoxy groups -OCH3 is 1. The fourth-order valence-electron chi connectivity index (χ4n) is 2.04. The van der Waals surface area contributed by atoms with Crippen LogP contribution in [0.4, 0.5) is 0 Å². The summed E-state index contributed by atoms with van der Waals surface area (Å²) in [7, 11) is 1.56. The molecule has 3 heteroatoms. The van der Waals surface area contributed by atoms with Gasteiger partial charge in [0.25, 0.3) is 0 Å². The van der Waals surface area contributed by atoms with Crippen molar-refractivity contribution in [1.82, 2.24) is 0 Å². The lowest BCUT2D eigenvalue weighted by molar-refractivity contribution is 0.0643. The lowest BCUT2D eigenvalue weighted by Crippen LogP contribution is -2.32. The Morgan fingerprint density at radius 1 is 1.40 bits per heavy atom. The molecule has 1 aliphatic rings. The summed E-state index contributed by atoms with van der Waals surface area (Å²) in [6, 6.07) is 5.35. The molecule has 0 radical (unpaired) electrons. The van der Waals surface area contributed by atoms with Crippen LogP contribution in [0.1, 0.15) is 29.8 Å². The third kappa shape index (κ3) is 1.27. The third-order valence-corrected chi connectivity index (χ3v) is 3.12. The van der Waals surface area contributed by atoms with Crippen molar-refractivity contribution in [3.63, 3.8) is 0 Å². The molecule has 0 bridgehead atoms. The maximum atomic E-state index is 11.8. The minimum absolute atomic E-state index is 0.214. The van der Waals surface area contributed by atoms with Crippen LogP contribution in [0.3, 0.4) is 0 Å². The predicted octanol–water partition coefficient (Wildman–Crippen LogP) is 1.53. The molecule has 0 saturated heterocycles. The third-order valence-electron chi connectivity index (χ3n) is 3.12. The van der Waals surface area contributed by atoms with E-state index in [-0.39, 0.29) is 5.78 Å². The fourth-order valence-corrected chi connectivity index (χ4v) is 2.04. The molecule has 1 aromatic rings. The van der Waals surface area contributed by atoms with Crippen molar-refractivity contribution in [3.05, 3.63) is 29.3 Å². The van der Waals surface area contributed by atoms with Crippen molar-refractivity contribution in [1.29, 1.82) is 0 Å². The van der Waals surface area contributed by atoms with Gasteiger partial charge in [0.05, 0.1) is 7.11 Å². The van der Waals surface area contributed by atoms with Crippen LogP contribution in [0, 0.1) is 0 Å². The molecule has 0 amide bonds. The molecule has 1 aliphatic carbocycles. The molecular formula is C12H14O3. The van der Waals surface area contributed by atoms with Gasteiger partial charge in [-0.25, -0.2) is 0 Å². The first-order chi connectivity index (χ1) is 6.98. The maximum absolute atomic E-state index is 11.8. The highest BCUT2D eigenvalue weighted by atomic mass is 16.5. The Labute approximate surface area is 88.7 Å². The SMILES string of the molecule is COc1ccc2c(c1)C(=O)C(O)C2(C)C. The number of rotatable bonds is 1. The summed E-state index contributed by atoms with van der Waals surface area (Å²) in [4.78, 5) is 11.8. The number of fused-ring (bicyclic) bond motifs is 1. The van der Waals surface area contributed by atoms with E-state index in [1.165, 1.54) is 0 Å². The van der Waals surface area contributed by atoms with Gasteiger partial charge in [0.1, 0.15) is 11.9 Å². The van der Waals surface area contributed by atoms with Crippen LogP contribution in [-0.2, 0) is 5.41 Å². The number of carbonyl (C=O) groups excluding carboxylic acids is 1. The summed E-state index contributed by atoms with van der Waals surface area (Å²) < 4.78 is 5.06. The van der Waals surface area contributed by atoms with Gasteiger partial charge < -0.3 is 9.84 Å². The summed E-state index contributed by atoms with van der Waals surface area (Å²) in [5, 5.41) is 9.82. The molecule has 0 heterocycles. The predicted molar refractivity (Wildman–Crippen MR) is 56.4 cm³/mol. The topological polar surface area (TPSA) is 46.5 Å². The van der Waals surface area contributed by atoms with E-state index in [2.05, 4.69) is 0 Å². The Balaban J connectivity index is 2.61. The van der Waals surface area contributed by atoms with Crippen LogP contribution in [0.5, 0.6) is 5.75 Å². The number of ether oxygens (including phenoxy) is 1. The Hall–Kier alpha value is -1.35. The van der Waals surface area contributed by atoms with Gasteiger partial charge in [-0.2, -0.15) is 0 Å². The second-order valence-electron chi connectivity index (χ2n) is 4.40. The van der Waals surface area contributed by atoms with Crippen molar-refractivity contribution in [3.8, 4) is 5.75 Å². The molecule has 1 aromatic carbocycles. The number of aliphatic hydroxyl groups excluding tert-OH is 1. The normalized spacial score (nSPS) is 22.7. The van der Waals surface area contributed by atoms with Crippen molar-refractivity contribution >= 4 is 5.78 Å². The van der Waals surface area contributed by atoms with Crippen LogP contribution in [0.15, 0.2) is 18.2 Å². The number of benzene rings is 1. The quantitative estimate of drug-likeness (QED) is 0.758. The van der Waals surface area contributed by atoms with E-state index in [1.54, 1.807) is 13.2 Å². The number of Topliss-reactive ketones (excluding diaryl/α,β-unsaturated/α-hetero) is 1. The van der Waals surface area contributed by atoms with Crippen LogP contribution in [0.25, 0.3) is 0 Å². The van der Waals surface area contributed by atoms with E-state index in [4.69, 9.17) is 4.74 Å². The molecule has 1 N–H and O–H groups in total. The van der Waals surface area contributed by atoms with Gasteiger partial charge in [-0.05, 0) is 17.7 Å². The van der Waals surface area contributed by atoms with Crippen molar-refractivity contribution in [2.75, 3.05) is 7.11 Å². The van der Waals surface area contributed by atoms with Crippen molar-refractivity contribution < 1.29 is 14.6 Å². The summed E-state index contributed by atoms with van der Waals surface area (Å²) in [5.74, 6) is 0.431. The Bertz CT molecular complexity index is 421. The summed E-state index contributed by atoms with van der Waals surface area (Å²) in [6.07, 6.45) is -0.945. The summed E-state index contributed by atoms with van der Waals surface area (Å²) in [6.45, 7) is 3.74.